The van der Waals surface area contributed by atoms with Crippen molar-refractivity contribution >= 4 is 11.8 Å². The Hall–Kier alpha value is -3.21. The highest BCUT2D eigenvalue weighted by Gasteiger charge is 2.30. The lowest BCUT2D eigenvalue weighted by Crippen LogP contribution is -2.22. The van der Waals surface area contributed by atoms with Gasteiger partial charge in [0.1, 0.15) is 11.3 Å². The summed E-state index contributed by atoms with van der Waals surface area (Å²) in [5, 5.41) is 4.60. The van der Waals surface area contributed by atoms with E-state index in [0.29, 0.717) is 24.1 Å². The highest BCUT2D eigenvalue weighted by Crippen LogP contribution is 2.26. The topological polar surface area (TPSA) is 61.2 Å². The fourth-order valence-corrected chi connectivity index (χ4v) is 3.15. The lowest BCUT2D eigenvalue weighted by Gasteiger charge is -2.10. The molecule has 1 aliphatic rings. The molecular formula is C21H18N2O3. The number of aromatic nitrogens is 2. The molecule has 0 spiro atoms. The molecule has 0 amide bonds. The molecule has 0 bridgehead atoms. The molecule has 1 atom stereocenters. The molecule has 0 aliphatic heterocycles. The minimum absolute atomic E-state index is 0.00457. The van der Waals surface area contributed by atoms with E-state index in [1.54, 1.807) is 10.9 Å². The molecule has 26 heavy (non-hydrogen) atoms. The molecule has 0 N–H and O–H groups in total. The van der Waals surface area contributed by atoms with E-state index in [1.807, 2.05) is 60.7 Å². The molecule has 3 aromatic rings. The maximum absolute atomic E-state index is 12.8. The van der Waals surface area contributed by atoms with Crippen LogP contribution >= 0.6 is 0 Å². The molecule has 1 unspecified atom stereocenters. The van der Waals surface area contributed by atoms with Crippen molar-refractivity contribution in [2.45, 2.75) is 25.4 Å². The van der Waals surface area contributed by atoms with Gasteiger partial charge in [-0.3, -0.25) is 4.79 Å². The van der Waals surface area contributed by atoms with E-state index in [1.165, 1.54) is 0 Å². The Morgan fingerprint density at radius 3 is 2.38 bits per heavy atom. The van der Waals surface area contributed by atoms with Crippen molar-refractivity contribution in [2.75, 3.05) is 0 Å². The molecule has 2 aromatic carbocycles. The first-order valence-electron chi connectivity index (χ1n) is 8.66. The van der Waals surface area contributed by atoms with Gasteiger partial charge in [0.05, 0.1) is 5.69 Å². The number of hydrogen-bond acceptors (Lipinski definition) is 4. The van der Waals surface area contributed by atoms with Crippen molar-refractivity contribution in [1.29, 1.82) is 0 Å². The summed E-state index contributed by atoms with van der Waals surface area (Å²) in [6.45, 7) is 0. The van der Waals surface area contributed by atoms with Crippen LogP contribution in [0.1, 0.15) is 29.6 Å². The molecule has 1 fully saturated rings. The highest BCUT2D eigenvalue weighted by atomic mass is 16.5. The normalized spacial score (nSPS) is 16.6. The van der Waals surface area contributed by atoms with Crippen LogP contribution in [0.4, 0.5) is 0 Å². The van der Waals surface area contributed by atoms with Crippen LogP contribution in [0.5, 0.6) is 0 Å². The van der Waals surface area contributed by atoms with Crippen molar-refractivity contribution in [3.63, 3.8) is 0 Å². The number of rotatable bonds is 4. The van der Waals surface area contributed by atoms with E-state index in [4.69, 9.17) is 4.74 Å². The largest absolute Gasteiger partial charge is 0.451 e. The molecule has 130 valence electrons. The number of carbonyl (C=O) groups excluding carboxylic acids is 2. The maximum Gasteiger partial charge on any atom is 0.342 e. The Morgan fingerprint density at radius 2 is 1.73 bits per heavy atom. The number of nitrogens with zero attached hydrogens (tertiary/aromatic N) is 2. The molecule has 0 radical (unpaired) electrons. The minimum Gasteiger partial charge on any atom is -0.451 e. The van der Waals surface area contributed by atoms with Gasteiger partial charge in [0.15, 0.2) is 11.9 Å². The predicted molar refractivity (Wildman–Crippen MR) is 97.1 cm³/mol. The van der Waals surface area contributed by atoms with Crippen LogP contribution in [0.15, 0.2) is 66.9 Å². The smallest absolute Gasteiger partial charge is 0.342 e. The third-order valence-electron chi connectivity index (χ3n) is 4.50. The van der Waals surface area contributed by atoms with E-state index in [2.05, 4.69) is 5.10 Å². The van der Waals surface area contributed by atoms with Gasteiger partial charge in [-0.1, -0.05) is 48.5 Å². The second kappa shape index (κ2) is 6.96. The molecular weight excluding hydrogens is 328 g/mol. The molecule has 1 saturated carbocycles. The van der Waals surface area contributed by atoms with Crippen LogP contribution in [0.2, 0.25) is 0 Å². The average Bonchev–Trinajstić information content (AvgIpc) is 3.30. The van der Waals surface area contributed by atoms with Gasteiger partial charge in [-0.05, 0) is 25.0 Å². The summed E-state index contributed by atoms with van der Waals surface area (Å²) in [6.07, 6.45) is 2.88. The molecule has 1 heterocycles. The predicted octanol–water partition coefficient (Wildman–Crippen LogP) is 3.82. The monoisotopic (exact) mass is 346 g/mol. The summed E-state index contributed by atoms with van der Waals surface area (Å²) in [6, 6.07) is 19.1. The van der Waals surface area contributed by atoms with Crippen molar-refractivity contribution < 1.29 is 14.3 Å². The fraction of sp³-hybridized carbons (Fsp3) is 0.190. The fourth-order valence-electron chi connectivity index (χ4n) is 3.15. The molecule has 1 aliphatic carbocycles. The zero-order chi connectivity index (χ0) is 17.9. The summed E-state index contributed by atoms with van der Waals surface area (Å²) in [5.74, 6) is -0.513. The van der Waals surface area contributed by atoms with Gasteiger partial charge in [0.2, 0.25) is 0 Å². The Morgan fingerprint density at radius 1 is 1.04 bits per heavy atom. The number of benzene rings is 2. The first-order valence-corrected chi connectivity index (χ1v) is 8.66. The van der Waals surface area contributed by atoms with Crippen molar-refractivity contribution in [3.05, 3.63) is 72.4 Å². The van der Waals surface area contributed by atoms with Crippen LogP contribution in [0, 0.1) is 0 Å². The zero-order valence-corrected chi connectivity index (χ0v) is 14.2. The molecule has 5 nitrogen and oxygen atoms in total. The first-order chi connectivity index (χ1) is 12.7. The van der Waals surface area contributed by atoms with Gasteiger partial charge in [0.25, 0.3) is 0 Å². The third-order valence-corrected chi connectivity index (χ3v) is 4.50. The highest BCUT2D eigenvalue weighted by molar-refractivity contribution is 5.98. The Bertz CT molecular complexity index is 932. The van der Waals surface area contributed by atoms with Crippen LogP contribution < -0.4 is 0 Å². The van der Waals surface area contributed by atoms with Crippen molar-refractivity contribution in [2.24, 2.45) is 0 Å². The van der Waals surface area contributed by atoms with Crippen LogP contribution in [-0.4, -0.2) is 27.6 Å². The van der Waals surface area contributed by atoms with Gasteiger partial charge in [-0.2, -0.15) is 5.10 Å². The molecule has 4 rings (SSSR count). The molecule has 0 saturated heterocycles. The van der Waals surface area contributed by atoms with E-state index in [9.17, 15) is 9.59 Å². The minimum atomic E-state index is -0.633. The van der Waals surface area contributed by atoms with Crippen molar-refractivity contribution in [1.82, 2.24) is 9.78 Å². The average molecular weight is 346 g/mol. The summed E-state index contributed by atoms with van der Waals surface area (Å²) < 4.78 is 7.14. The number of para-hydroxylation sites is 1. The van der Waals surface area contributed by atoms with Gasteiger partial charge in [0, 0.05) is 18.2 Å². The summed E-state index contributed by atoms with van der Waals surface area (Å²) in [4.78, 5) is 24.6. The van der Waals surface area contributed by atoms with Crippen LogP contribution in [0.25, 0.3) is 16.9 Å². The lowest BCUT2D eigenvalue weighted by molar-refractivity contribution is -0.124. The van der Waals surface area contributed by atoms with E-state index in [-0.39, 0.29) is 5.78 Å². The first kappa shape index (κ1) is 16.3. The summed E-state index contributed by atoms with van der Waals surface area (Å²) in [7, 11) is 0. The van der Waals surface area contributed by atoms with Crippen LogP contribution in [-0.2, 0) is 9.53 Å². The quantitative estimate of drug-likeness (QED) is 0.674. The number of carbonyl (C=O) groups is 2. The SMILES string of the molecule is O=C(OC1CCCC1=O)c1cn(-c2ccccc2)nc1-c1ccccc1. The second-order valence-corrected chi connectivity index (χ2v) is 6.29. The van der Waals surface area contributed by atoms with E-state index < -0.39 is 12.1 Å². The second-order valence-electron chi connectivity index (χ2n) is 6.29. The van der Waals surface area contributed by atoms with E-state index in [0.717, 1.165) is 17.7 Å². The Kier molecular flexibility index (Phi) is 4.35. The van der Waals surface area contributed by atoms with Gasteiger partial charge in [-0.25, -0.2) is 9.48 Å². The molecule has 5 heteroatoms. The zero-order valence-electron chi connectivity index (χ0n) is 14.2. The maximum atomic E-state index is 12.8. The van der Waals surface area contributed by atoms with Gasteiger partial charge >= 0.3 is 5.97 Å². The Balaban J connectivity index is 1.73. The summed E-state index contributed by atoms with van der Waals surface area (Å²) in [5.41, 5.74) is 2.58. The number of esters is 1. The summed E-state index contributed by atoms with van der Waals surface area (Å²) >= 11 is 0. The number of ketones is 1. The number of Topliss-reactive ketones (excluding diaryl/α,β-unsaturated/α-hetero) is 1. The standard InChI is InChI=1S/C21H18N2O3/c24-18-12-7-13-19(18)26-21(25)17-14-23(16-10-5-2-6-11-16)22-20(17)15-8-3-1-4-9-15/h1-6,8-11,14,19H,7,12-13H2. The number of hydrogen-bond donors (Lipinski definition) is 0. The van der Waals surface area contributed by atoms with E-state index >= 15 is 0 Å². The molecule has 1 aromatic heterocycles. The lowest BCUT2D eigenvalue weighted by atomic mass is 10.1. The van der Waals surface area contributed by atoms with Crippen LogP contribution in [0.3, 0.4) is 0 Å². The van der Waals surface area contributed by atoms with Gasteiger partial charge < -0.3 is 4.74 Å². The number of ether oxygens (including phenoxy) is 1. The third kappa shape index (κ3) is 3.16. The van der Waals surface area contributed by atoms with Gasteiger partial charge in [-0.15, -0.1) is 0 Å². The van der Waals surface area contributed by atoms with Crippen molar-refractivity contribution in [3.8, 4) is 16.9 Å². The Labute approximate surface area is 151 Å².